The number of aliphatic hydroxyl groups excluding tert-OH is 1. The molecule has 172 valence electrons. The molecule has 2 aliphatic rings. The molecule has 2 fully saturated rings. The molecule has 1 aliphatic carbocycles. The number of hydrogen-bond acceptors (Lipinski definition) is 9. The fraction of sp³-hybridized carbons (Fsp3) is 0.722. The average Bonchev–Trinajstić information content (AvgIpc) is 2.97. The summed E-state index contributed by atoms with van der Waals surface area (Å²) in [7, 11) is -4.49. The monoisotopic (exact) mass is 458 g/mol. The summed E-state index contributed by atoms with van der Waals surface area (Å²) in [6, 6.07) is 0. The van der Waals surface area contributed by atoms with E-state index in [1.165, 1.54) is 24.1 Å². The zero-order valence-electron chi connectivity index (χ0n) is 17.6. The molecule has 5 unspecified atom stereocenters. The minimum atomic E-state index is -4.49. The summed E-state index contributed by atoms with van der Waals surface area (Å²) in [5.41, 5.74) is -3.33. The topological polar surface area (TPSA) is 180 Å². The van der Waals surface area contributed by atoms with Crippen molar-refractivity contribution in [2.24, 2.45) is 5.92 Å². The lowest BCUT2D eigenvalue weighted by molar-refractivity contribution is -0.111. The summed E-state index contributed by atoms with van der Waals surface area (Å²) in [6.45, 7) is 6.02. The first kappa shape index (κ1) is 22.5. The van der Waals surface area contributed by atoms with Crippen molar-refractivity contribution in [1.82, 2.24) is 19.5 Å². The second-order valence-corrected chi connectivity index (χ2v) is 10.8. The molecule has 4 rings (SSSR count). The maximum atomic E-state index is 12.8. The Kier molecular flexibility index (Phi) is 5.03. The van der Waals surface area contributed by atoms with Crippen molar-refractivity contribution in [3.63, 3.8) is 0 Å². The van der Waals surface area contributed by atoms with E-state index in [1.807, 2.05) is 0 Å². The number of rotatable bonds is 7. The number of H-pyrrole nitrogens is 1. The molecule has 0 bridgehead atoms. The van der Waals surface area contributed by atoms with Crippen LogP contribution in [-0.4, -0.2) is 68.5 Å². The van der Waals surface area contributed by atoms with Crippen molar-refractivity contribution < 1.29 is 34.0 Å². The molecule has 1 saturated heterocycles. The lowest BCUT2D eigenvalue weighted by Gasteiger charge is -2.38. The molecule has 8 atom stereocenters. The van der Waals surface area contributed by atoms with Crippen molar-refractivity contribution in [2.75, 3.05) is 0 Å². The molecule has 1 saturated carbocycles. The minimum Gasteiger partial charge on any atom is -0.385 e. The molecule has 0 aromatic carbocycles. The van der Waals surface area contributed by atoms with E-state index in [2.05, 4.69) is 15.0 Å². The second kappa shape index (κ2) is 6.92. The van der Waals surface area contributed by atoms with Gasteiger partial charge in [0.05, 0.1) is 24.2 Å². The standard InChI is InChI=1S/C18H27N4O8P/c1-5-16(3,30-31(27,28)17(4,25)6-2)10-12-18(10,26)11(23)15(29-12)22-8-21-9-13(22)19-7-20-14(9)24/h7-8,10-12,15,23,25-26H,5-6H2,1-4H3,(H,27,28)(H,19,20,24)/t10?,11-,12?,15+,16?,17?,18-/m0/s1. The molecule has 5 N–H and O–H groups in total. The van der Waals surface area contributed by atoms with Gasteiger partial charge in [-0.3, -0.25) is 18.5 Å². The fourth-order valence-corrected chi connectivity index (χ4v) is 5.76. The van der Waals surface area contributed by atoms with E-state index in [9.17, 15) is 29.6 Å². The number of aliphatic hydroxyl groups is 3. The quantitative estimate of drug-likeness (QED) is 0.360. The molecule has 31 heavy (non-hydrogen) atoms. The number of aromatic amines is 1. The highest BCUT2D eigenvalue weighted by Gasteiger charge is 2.81. The smallest absolute Gasteiger partial charge is 0.359 e. The number of fused-ring (bicyclic) bond motifs is 2. The van der Waals surface area contributed by atoms with Crippen LogP contribution in [0.1, 0.15) is 46.8 Å². The molecule has 2 aromatic heterocycles. The van der Waals surface area contributed by atoms with Crippen molar-refractivity contribution in [3.8, 4) is 0 Å². The molecular weight excluding hydrogens is 431 g/mol. The Hall–Kier alpha value is -1.66. The van der Waals surface area contributed by atoms with Gasteiger partial charge in [-0.1, -0.05) is 13.8 Å². The van der Waals surface area contributed by atoms with Gasteiger partial charge in [0.2, 0.25) is 0 Å². The van der Waals surface area contributed by atoms with E-state index in [0.29, 0.717) is 0 Å². The highest BCUT2D eigenvalue weighted by atomic mass is 31.2. The van der Waals surface area contributed by atoms with Crippen molar-refractivity contribution in [2.45, 2.75) is 75.5 Å². The maximum Gasteiger partial charge on any atom is 0.359 e. The zero-order chi connectivity index (χ0) is 23.0. The van der Waals surface area contributed by atoms with Crippen molar-refractivity contribution in [3.05, 3.63) is 23.0 Å². The number of hydrogen-bond donors (Lipinski definition) is 5. The Balaban J connectivity index is 1.62. The number of nitrogens with zero attached hydrogens (tertiary/aromatic N) is 3. The molecule has 2 aromatic rings. The van der Waals surface area contributed by atoms with Crippen LogP contribution in [-0.2, 0) is 13.8 Å². The molecule has 3 heterocycles. The predicted octanol–water partition coefficient (Wildman–Crippen LogP) is 0.228. The third-order valence-electron chi connectivity index (χ3n) is 6.79. The number of aromatic nitrogens is 4. The fourth-order valence-electron chi connectivity index (χ4n) is 4.35. The summed E-state index contributed by atoms with van der Waals surface area (Å²) in [5, 5.41) is 30.5. The first-order chi connectivity index (χ1) is 14.3. The van der Waals surface area contributed by atoms with E-state index in [1.54, 1.807) is 20.8 Å². The summed E-state index contributed by atoms with van der Waals surface area (Å²) in [5.74, 6) is -0.824. The van der Waals surface area contributed by atoms with E-state index in [-0.39, 0.29) is 24.0 Å². The van der Waals surface area contributed by atoms with Gasteiger partial charge in [0, 0.05) is 0 Å². The summed E-state index contributed by atoms with van der Waals surface area (Å²) in [6.07, 6.45) is -0.718. The molecule has 1 aliphatic heterocycles. The first-order valence-electron chi connectivity index (χ1n) is 10.1. The SMILES string of the molecule is CCC(C)(OP(=O)(O)C(C)(O)CC)C1C2O[C@@H](n3cnc4c(=O)[nH]cnc43)[C@H](O)[C@]21O. The van der Waals surface area contributed by atoms with Gasteiger partial charge in [-0.25, -0.2) is 9.97 Å². The second-order valence-electron chi connectivity index (χ2n) is 8.66. The molecule has 13 heteroatoms. The largest absolute Gasteiger partial charge is 0.385 e. The van der Waals surface area contributed by atoms with Gasteiger partial charge in [0.25, 0.3) is 5.56 Å². The Morgan fingerprint density at radius 1 is 1.35 bits per heavy atom. The third kappa shape index (κ3) is 3.05. The summed E-state index contributed by atoms with van der Waals surface area (Å²) < 4.78 is 25.6. The van der Waals surface area contributed by atoms with Crippen LogP contribution in [0, 0.1) is 5.92 Å². The zero-order valence-corrected chi connectivity index (χ0v) is 18.5. The summed E-state index contributed by atoms with van der Waals surface area (Å²) >= 11 is 0. The van der Waals surface area contributed by atoms with Gasteiger partial charge in [0.15, 0.2) is 22.7 Å². The van der Waals surface area contributed by atoms with Gasteiger partial charge >= 0.3 is 7.60 Å². The first-order valence-corrected chi connectivity index (χ1v) is 11.6. The molecule has 0 spiro atoms. The van der Waals surface area contributed by atoms with Crippen LogP contribution in [0.4, 0.5) is 0 Å². The molecule has 0 radical (unpaired) electrons. The number of nitrogens with one attached hydrogen (secondary N) is 1. The number of ether oxygens (including phenoxy) is 1. The van der Waals surface area contributed by atoms with E-state index < -0.39 is 54.1 Å². The third-order valence-corrected chi connectivity index (χ3v) is 8.99. The molecular formula is C18H27N4O8P. The van der Waals surface area contributed by atoms with Crippen molar-refractivity contribution in [1.29, 1.82) is 0 Å². The van der Waals surface area contributed by atoms with Crippen LogP contribution < -0.4 is 5.56 Å². The lowest BCUT2D eigenvalue weighted by atomic mass is 9.92. The number of imidazole rings is 1. The minimum absolute atomic E-state index is 0.0139. The highest BCUT2D eigenvalue weighted by molar-refractivity contribution is 7.54. The Morgan fingerprint density at radius 2 is 2.03 bits per heavy atom. The van der Waals surface area contributed by atoms with Gasteiger partial charge in [-0.05, 0) is 26.7 Å². The van der Waals surface area contributed by atoms with Gasteiger partial charge in [0.1, 0.15) is 17.8 Å². The average molecular weight is 458 g/mol. The normalized spacial score (nSPS) is 35.9. The van der Waals surface area contributed by atoms with Gasteiger partial charge in [-0.2, -0.15) is 0 Å². The van der Waals surface area contributed by atoms with Crippen LogP contribution in [0.5, 0.6) is 0 Å². The molecule has 0 amide bonds. The van der Waals surface area contributed by atoms with E-state index in [4.69, 9.17) is 9.26 Å². The van der Waals surface area contributed by atoms with Crippen LogP contribution in [0.15, 0.2) is 17.4 Å². The van der Waals surface area contributed by atoms with Gasteiger partial charge in [-0.15, -0.1) is 0 Å². The Morgan fingerprint density at radius 3 is 2.58 bits per heavy atom. The van der Waals surface area contributed by atoms with Gasteiger partial charge < -0.3 is 29.9 Å². The highest BCUT2D eigenvalue weighted by Crippen LogP contribution is 2.68. The van der Waals surface area contributed by atoms with E-state index >= 15 is 0 Å². The van der Waals surface area contributed by atoms with Crippen LogP contribution in [0.2, 0.25) is 0 Å². The van der Waals surface area contributed by atoms with Crippen molar-refractivity contribution >= 4 is 18.8 Å². The van der Waals surface area contributed by atoms with E-state index in [0.717, 1.165) is 0 Å². The predicted molar refractivity (Wildman–Crippen MR) is 107 cm³/mol. The Bertz CT molecular complexity index is 1120. The molecule has 12 nitrogen and oxygen atoms in total. The van der Waals surface area contributed by atoms with Crippen LogP contribution >= 0.6 is 7.60 Å². The van der Waals surface area contributed by atoms with Crippen LogP contribution in [0.25, 0.3) is 11.2 Å². The lowest BCUT2D eigenvalue weighted by Crippen LogP contribution is -2.44. The Labute approximate surface area is 177 Å². The van der Waals surface area contributed by atoms with Crippen LogP contribution in [0.3, 0.4) is 0 Å². The maximum absolute atomic E-state index is 12.8. The summed E-state index contributed by atoms with van der Waals surface area (Å²) in [4.78, 5) is 32.7.